The van der Waals surface area contributed by atoms with E-state index in [-0.39, 0.29) is 11.8 Å². The Morgan fingerprint density at radius 2 is 1.67 bits per heavy atom. The number of hydrogen-bond donors (Lipinski definition) is 1. The molecule has 0 bridgehead atoms. The van der Waals surface area contributed by atoms with Crippen molar-refractivity contribution in [3.05, 3.63) is 0 Å². The molecule has 6 heteroatoms. The molecule has 0 aromatic rings. The maximum absolute atomic E-state index is 12.4. The largest absolute Gasteiger partial charge is 0.356 e. The summed E-state index contributed by atoms with van der Waals surface area (Å²) in [5.41, 5.74) is 0. The molecule has 1 N–H and O–H groups in total. The predicted molar refractivity (Wildman–Crippen MR) is 97.1 cm³/mol. The van der Waals surface area contributed by atoms with Gasteiger partial charge in [0.25, 0.3) is 0 Å². The fourth-order valence-corrected chi connectivity index (χ4v) is 4.91. The zero-order valence-corrected chi connectivity index (χ0v) is 16.1. The van der Waals surface area contributed by atoms with Crippen LogP contribution in [0.25, 0.3) is 0 Å². The van der Waals surface area contributed by atoms with Gasteiger partial charge in [-0.2, -0.15) is 0 Å². The number of amides is 1. The van der Waals surface area contributed by atoms with Crippen LogP contribution in [-0.2, 0) is 14.8 Å². The lowest BCUT2D eigenvalue weighted by Gasteiger charge is -2.31. The number of unbranched alkanes of at least 4 members (excludes halogenated alkanes) is 1. The first-order chi connectivity index (χ1) is 11.4. The highest BCUT2D eigenvalue weighted by Crippen LogP contribution is 2.32. The summed E-state index contributed by atoms with van der Waals surface area (Å²) in [6, 6.07) is 0. The minimum absolute atomic E-state index is 0.194. The maximum atomic E-state index is 12.4. The van der Waals surface area contributed by atoms with Gasteiger partial charge in [0.15, 0.2) is 0 Å². The van der Waals surface area contributed by atoms with Crippen molar-refractivity contribution in [2.75, 3.05) is 25.9 Å². The van der Waals surface area contributed by atoms with Crippen molar-refractivity contribution in [3.8, 4) is 0 Å². The van der Waals surface area contributed by atoms with E-state index < -0.39 is 10.0 Å². The van der Waals surface area contributed by atoms with Crippen LogP contribution < -0.4 is 5.32 Å². The molecule has 2 aliphatic rings. The van der Waals surface area contributed by atoms with Gasteiger partial charge < -0.3 is 5.32 Å². The van der Waals surface area contributed by atoms with E-state index in [1.54, 1.807) is 4.31 Å². The van der Waals surface area contributed by atoms with Gasteiger partial charge in [-0.1, -0.05) is 26.2 Å². The average Bonchev–Trinajstić information content (AvgIpc) is 2.58. The van der Waals surface area contributed by atoms with Crippen molar-refractivity contribution in [1.82, 2.24) is 9.62 Å². The Hall–Kier alpha value is -0.620. The van der Waals surface area contributed by atoms with Crippen LogP contribution in [0, 0.1) is 17.8 Å². The summed E-state index contributed by atoms with van der Waals surface area (Å²) in [5, 5.41) is 3.13. The number of nitrogens with one attached hydrogen (secondary N) is 1. The van der Waals surface area contributed by atoms with E-state index in [1.165, 1.54) is 38.4 Å². The van der Waals surface area contributed by atoms with Crippen LogP contribution in [0.2, 0.25) is 0 Å². The molecule has 0 atom stereocenters. The Morgan fingerprint density at radius 3 is 2.21 bits per heavy atom. The molecule has 140 valence electrons. The standard InChI is InChI=1S/C18H34N2O3S/c1-3-4-5-15-6-8-17(9-7-15)18(21)19-14-16-10-12-20(13-11-16)24(2,22)23/h15-17H,3-14H2,1-2H3,(H,19,21). The van der Waals surface area contributed by atoms with E-state index in [9.17, 15) is 13.2 Å². The third kappa shape index (κ3) is 6.03. The van der Waals surface area contributed by atoms with Gasteiger partial charge in [-0.15, -0.1) is 0 Å². The Bertz CT molecular complexity index is 490. The number of carbonyl (C=O) groups is 1. The van der Waals surface area contributed by atoms with Crippen molar-refractivity contribution < 1.29 is 13.2 Å². The fraction of sp³-hybridized carbons (Fsp3) is 0.944. The van der Waals surface area contributed by atoms with Crippen LogP contribution in [-0.4, -0.2) is 44.5 Å². The minimum Gasteiger partial charge on any atom is -0.356 e. The molecule has 0 spiro atoms. The highest BCUT2D eigenvalue weighted by atomic mass is 32.2. The topological polar surface area (TPSA) is 66.5 Å². The summed E-state index contributed by atoms with van der Waals surface area (Å²) in [4.78, 5) is 12.4. The summed E-state index contributed by atoms with van der Waals surface area (Å²) in [6.07, 6.45) is 11.3. The lowest BCUT2D eigenvalue weighted by atomic mass is 9.79. The summed E-state index contributed by atoms with van der Waals surface area (Å²) >= 11 is 0. The first-order valence-corrected chi connectivity index (χ1v) is 11.5. The molecule has 5 nitrogen and oxygen atoms in total. The van der Waals surface area contributed by atoms with Crippen molar-refractivity contribution >= 4 is 15.9 Å². The van der Waals surface area contributed by atoms with Gasteiger partial charge in [-0.25, -0.2) is 12.7 Å². The molecule has 1 heterocycles. The third-order valence-corrected chi connectivity index (χ3v) is 7.09. The monoisotopic (exact) mass is 358 g/mol. The number of rotatable bonds is 7. The lowest BCUT2D eigenvalue weighted by molar-refractivity contribution is -0.126. The Labute approximate surface area is 147 Å². The number of nitrogens with zero attached hydrogens (tertiary/aromatic N) is 1. The first-order valence-electron chi connectivity index (χ1n) is 9.63. The summed E-state index contributed by atoms with van der Waals surface area (Å²) in [6.45, 7) is 4.11. The Kier molecular flexibility index (Phi) is 7.54. The number of piperidine rings is 1. The van der Waals surface area contributed by atoms with Gasteiger partial charge in [-0.05, 0) is 50.4 Å². The normalized spacial score (nSPS) is 27.1. The minimum atomic E-state index is -3.06. The number of hydrogen-bond acceptors (Lipinski definition) is 3. The van der Waals surface area contributed by atoms with Crippen molar-refractivity contribution in [2.24, 2.45) is 17.8 Å². The van der Waals surface area contributed by atoms with Gasteiger partial charge in [0.1, 0.15) is 0 Å². The Morgan fingerprint density at radius 1 is 1.04 bits per heavy atom. The fourth-order valence-electron chi connectivity index (χ4n) is 4.04. The molecule has 1 saturated heterocycles. The first kappa shape index (κ1) is 19.7. The molecular weight excluding hydrogens is 324 g/mol. The molecule has 1 amide bonds. The van der Waals surface area contributed by atoms with Gasteiger partial charge in [0, 0.05) is 25.6 Å². The Balaban J connectivity index is 1.64. The highest BCUT2D eigenvalue weighted by molar-refractivity contribution is 7.88. The quantitative estimate of drug-likeness (QED) is 0.761. The van der Waals surface area contributed by atoms with Crippen LogP contribution in [0.4, 0.5) is 0 Å². The molecular formula is C18H34N2O3S. The highest BCUT2D eigenvalue weighted by Gasteiger charge is 2.28. The van der Waals surface area contributed by atoms with Crippen LogP contribution in [0.15, 0.2) is 0 Å². The average molecular weight is 359 g/mol. The van der Waals surface area contributed by atoms with E-state index in [1.807, 2.05) is 0 Å². The molecule has 1 aliphatic heterocycles. The van der Waals surface area contributed by atoms with Crippen molar-refractivity contribution in [3.63, 3.8) is 0 Å². The molecule has 0 aromatic heterocycles. The molecule has 0 aromatic carbocycles. The van der Waals surface area contributed by atoms with Gasteiger partial charge in [0.05, 0.1) is 6.26 Å². The van der Waals surface area contributed by atoms with Crippen LogP contribution >= 0.6 is 0 Å². The van der Waals surface area contributed by atoms with Crippen molar-refractivity contribution in [2.45, 2.75) is 64.7 Å². The third-order valence-electron chi connectivity index (χ3n) is 5.79. The van der Waals surface area contributed by atoms with Gasteiger partial charge in [0.2, 0.25) is 15.9 Å². The summed E-state index contributed by atoms with van der Waals surface area (Å²) in [7, 11) is -3.06. The second-order valence-corrected chi connectivity index (χ2v) is 9.69. The zero-order valence-electron chi connectivity index (χ0n) is 15.3. The van der Waals surface area contributed by atoms with Crippen LogP contribution in [0.1, 0.15) is 64.7 Å². The summed E-state index contributed by atoms with van der Waals surface area (Å²) < 4.78 is 24.6. The molecule has 1 saturated carbocycles. The second-order valence-electron chi connectivity index (χ2n) is 7.71. The van der Waals surface area contributed by atoms with E-state index >= 15 is 0 Å². The maximum Gasteiger partial charge on any atom is 0.223 e. The van der Waals surface area contributed by atoms with E-state index in [2.05, 4.69) is 12.2 Å². The van der Waals surface area contributed by atoms with E-state index in [0.717, 1.165) is 31.6 Å². The van der Waals surface area contributed by atoms with Gasteiger partial charge in [-0.3, -0.25) is 4.79 Å². The molecule has 0 radical (unpaired) electrons. The SMILES string of the molecule is CCCCC1CCC(C(=O)NCC2CCN(S(C)(=O)=O)CC2)CC1. The number of carbonyl (C=O) groups excluding carboxylic acids is 1. The van der Waals surface area contributed by atoms with Crippen LogP contribution in [0.3, 0.4) is 0 Å². The predicted octanol–water partition coefficient (Wildman–Crippen LogP) is 2.77. The van der Waals surface area contributed by atoms with Crippen molar-refractivity contribution in [1.29, 1.82) is 0 Å². The molecule has 1 aliphatic carbocycles. The van der Waals surface area contributed by atoms with E-state index in [4.69, 9.17) is 0 Å². The summed E-state index contributed by atoms with van der Waals surface area (Å²) in [5.74, 6) is 1.65. The lowest BCUT2D eigenvalue weighted by Crippen LogP contribution is -2.42. The molecule has 24 heavy (non-hydrogen) atoms. The van der Waals surface area contributed by atoms with Gasteiger partial charge >= 0.3 is 0 Å². The molecule has 2 fully saturated rings. The molecule has 2 rings (SSSR count). The van der Waals surface area contributed by atoms with E-state index in [0.29, 0.717) is 25.6 Å². The smallest absolute Gasteiger partial charge is 0.223 e. The second kappa shape index (κ2) is 9.18. The van der Waals surface area contributed by atoms with Crippen LogP contribution in [0.5, 0.6) is 0 Å². The zero-order chi connectivity index (χ0) is 17.6. The molecule has 0 unspecified atom stereocenters. The number of sulfonamides is 1.